The van der Waals surface area contributed by atoms with Crippen LogP contribution in [0.15, 0.2) is 30.3 Å². The van der Waals surface area contributed by atoms with Crippen LogP contribution in [0, 0.1) is 5.92 Å². The zero-order valence-corrected chi connectivity index (χ0v) is 10.2. The first-order valence-corrected chi connectivity index (χ1v) is 6.13. The first-order chi connectivity index (χ1) is 7.77. The summed E-state index contributed by atoms with van der Waals surface area (Å²) in [5, 5.41) is 0. The largest absolute Gasteiger partial charge is 0.378 e. The van der Waals surface area contributed by atoms with Gasteiger partial charge >= 0.3 is 0 Å². The van der Waals surface area contributed by atoms with Crippen molar-refractivity contribution in [3.8, 4) is 0 Å². The molecule has 1 aliphatic rings. The fourth-order valence-corrected chi connectivity index (χ4v) is 2.29. The first-order valence-electron chi connectivity index (χ1n) is 6.13. The molecule has 0 aliphatic carbocycles. The van der Waals surface area contributed by atoms with Crippen molar-refractivity contribution in [3.63, 3.8) is 0 Å². The first kappa shape index (κ1) is 11.6. The highest BCUT2D eigenvalue weighted by Gasteiger charge is 2.25. The third-order valence-corrected chi connectivity index (χ3v) is 3.28. The van der Waals surface area contributed by atoms with Crippen molar-refractivity contribution in [1.82, 2.24) is 4.90 Å². The molecule has 1 atom stereocenters. The Bertz CT molecular complexity index is 310. The van der Waals surface area contributed by atoms with Crippen molar-refractivity contribution < 1.29 is 4.74 Å². The number of hydrogen-bond acceptors (Lipinski definition) is 2. The van der Waals surface area contributed by atoms with Crippen LogP contribution < -0.4 is 0 Å². The number of nitrogens with zero attached hydrogens (tertiary/aromatic N) is 1. The molecule has 0 amide bonds. The van der Waals surface area contributed by atoms with Crippen molar-refractivity contribution in [2.45, 2.75) is 26.4 Å². The second-order valence-electron chi connectivity index (χ2n) is 4.84. The van der Waals surface area contributed by atoms with E-state index in [1.165, 1.54) is 5.56 Å². The van der Waals surface area contributed by atoms with Crippen molar-refractivity contribution in [2.75, 3.05) is 19.8 Å². The van der Waals surface area contributed by atoms with Crippen molar-refractivity contribution in [3.05, 3.63) is 35.9 Å². The molecule has 1 aromatic rings. The van der Waals surface area contributed by atoms with E-state index in [0.29, 0.717) is 12.0 Å². The minimum absolute atomic E-state index is 0.564. The number of hydrogen-bond donors (Lipinski definition) is 0. The Morgan fingerprint density at radius 2 is 2.06 bits per heavy atom. The number of morpholine rings is 1. The van der Waals surface area contributed by atoms with E-state index in [9.17, 15) is 0 Å². The van der Waals surface area contributed by atoms with Crippen LogP contribution in [-0.4, -0.2) is 30.7 Å². The molecular weight excluding hydrogens is 198 g/mol. The standard InChI is InChI=1S/C14H21NO/c1-12(2)14-11-16-9-8-15(14)10-13-6-4-3-5-7-13/h3-7,12,14H,8-11H2,1-2H3/t14-/m0/s1. The van der Waals surface area contributed by atoms with Crippen LogP contribution >= 0.6 is 0 Å². The van der Waals surface area contributed by atoms with Crippen LogP contribution in [0.2, 0.25) is 0 Å². The molecule has 1 fully saturated rings. The summed E-state index contributed by atoms with van der Waals surface area (Å²) in [6.07, 6.45) is 0. The SMILES string of the molecule is CC(C)[C@@H]1COCCN1Cc1ccccc1. The molecule has 1 aliphatic heterocycles. The maximum atomic E-state index is 5.57. The predicted octanol–water partition coefficient (Wildman–Crippen LogP) is 2.54. The minimum atomic E-state index is 0.564. The minimum Gasteiger partial charge on any atom is -0.378 e. The summed E-state index contributed by atoms with van der Waals surface area (Å²) in [7, 11) is 0. The maximum Gasteiger partial charge on any atom is 0.0625 e. The molecule has 0 radical (unpaired) electrons. The Kier molecular flexibility index (Phi) is 3.97. The Morgan fingerprint density at radius 3 is 2.75 bits per heavy atom. The van der Waals surface area contributed by atoms with Gasteiger partial charge in [-0.2, -0.15) is 0 Å². The van der Waals surface area contributed by atoms with Crippen LogP contribution in [0.3, 0.4) is 0 Å². The van der Waals surface area contributed by atoms with Crippen molar-refractivity contribution >= 4 is 0 Å². The zero-order valence-electron chi connectivity index (χ0n) is 10.2. The van der Waals surface area contributed by atoms with Gasteiger partial charge in [0, 0.05) is 19.1 Å². The predicted molar refractivity (Wildman–Crippen MR) is 66.3 cm³/mol. The van der Waals surface area contributed by atoms with Gasteiger partial charge in [0.2, 0.25) is 0 Å². The fourth-order valence-electron chi connectivity index (χ4n) is 2.29. The van der Waals surface area contributed by atoms with Crippen molar-refractivity contribution in [2.24, 2.45) is 5.92 Å². The summed E-state index contributed by atoms with van der Waals surface area (Å²) < 4.78 is 5.57. The third-order valence-electron chi connectivity index (χ3n) is 3.28. The topological polar surface area (TPSA) is 12.5 Å². The quantitative estimate of drug-likeness (QED) is 0.774. The number of benzene rings is 1. The van der Waals surface area contributed by atoms with E-state index in [0.717, 1.165) is 26.3 Å². The summed E-state index contributed by atoms with van der Waals surface area (Å²) >= 11 is 0. The number of rotatable bonds is 3. The van der Waals surface area contributed by atoms with E-state index < -0.39 is 0 Å². The Balaban J connectivity index is 2.01. The van der Waals surface area contributed by atoms with Gasteiger partial charge in [-0.15, -0.1) is 0 Å². The van der Waals surface area contributed by atoms with E-state index >= 15 is 0 Å². The van der Waals surface area contributed by atoms with Gasteiger partial charge < -0.3 is 4.74 Å². The number of ether oxygens (including phenoxy) is 1. The third kappa shape index (κ3) is 2.83. The van der Waals surface area contributed by atoms with Crippen LogP contribution in [0.4, 0.5) is 0 Å². The zero-order chi connectivity index (χ0) is 11.4. The summed E-state index contributed by atoms with van der Waals surface area (Å²) in [4.78, 5) is 2.55. The van der Waals surface area contributed by atoms with Crippen LogP contribution in [0.25, 0.3) is 0 Å². The second-order valence-corrected chi connectivity index (χ2v) is 4.84. The lowest BCUT2D eigenvalue weighted by atomic mass is 10.0. The van der Waals surface area contributed by atoms with Gasteiger partial charge in [0.05, 0.1) is 13.2 Å². The monoisotopic (exact) mass is 219 g/mol. The van der Waals surface area contributed by atoms with Crippen LogP contribution in [0.1, 0.15) is 19.4 Å². The summed E-state index contributed by atoms with van der Waals surface area (Å²) in [5.41, 5.74) is 1.40. The lowest BCUT2D eigenvalue weighted by Crippen LogP contribution is -2.47. The molecule has 2 heteroatoms. The molecule has 16 heavy (non-hydrogen) atoms. The molecule has 0 bridgehead atoms. The lowest BCUT2D eigenvalue weighted by molar-refractivity contribution is -0.0284. The average Bonchev–Trinajstić information content (AvgIpc) is 2.31. The van der Waals surface area contributed by atoms with E-state index in [2.05, 4.69) is 49.1 Å². The van der Waals surface area contributed by atoms with Gasteiger partial charge in [0.1, 0.15) is 0 Å². The molecular formula is C14H21NO. The van der Waals surface area contributed by atoms with Gasteiger partial charge in [-0.05, 0) is 11.5 Å². The lowest BCUT2D eigenvalue weighted by Gasteiger charge is -2.38. The van der Waals surface area contributed by atoms with E-state index in [1.807, 2.05) is 0 Å². The molecule has 1 heterocycles. The van der Waals surface area contributed by atoms with Gasteiger partial charge in [0.25, 0.3) is 0 Å². The van der Waals surface area contributed by atoms with Gasteiger partial charge in [-0.1, -0.05) is 44.2 Å². The molecule has 0 spiro atoms. The Labute approximate surface area is 98.2 Å². The van der Waals surface area contributed by atoms with Gasteiger partial charge in [-0.25, -0.2) is 0 Å². The molecule has 0 N–H and O–H groups in total. The Hall–Kier alpha value is -0.860. The molecule has 2 nitrogen and oxygen atoms in total. The molecule has 88 valence electrons. The second kappa shape index (κ2) is 5.46. The normalized spacial score (nSPS) is 22.6. The van der Waals surface area contributed by atoms with Gasteiger partial charge in [-0.3, -0.25) is 4.90 Å². The summed E-state index contributed by atoms with van der Waals surface area (Å²) in [5.74, 6) is 0.656. The summed E-state index contributed by atoms with van der Waals surface area (Å²) in [6, 6.07) is 11.3. The van der Waals surface area contributed by atoms with E-state index in [4.69, 9.17) is 4.74 Å². The molecule has 1 saturated heterocycles. The molecule has 2 rings (SSSR count). The fraction of sp³-hybridized carbons (Fsp3) is 0.571. The molecule has 0 aromatic heterocycles. The maximum absolute atomic E-state index is 5.57. The summed E-state index contributed by atoms with van der Waals surface area (Å²) in [6.45, 7) is 8.40. The highest BCUT2D eigenvalue weighted by Crippen LogP contribution is 2.18. The van der Waals surface area contributed by atoms with Crippen LogP contribution in [-0.2, 0) is 11.3 Å². The molecule has 1 aromatic carbocycles. The van der Waals surface area contributed by atoms with E-state index in [1.54, 1.807) is 0 Å². The molecule has 0 unspecified atom stereocenters. The molecule has 0 saturated carbocycles. The van der Waals surface area contributed by atoms with E-state index in [-0.39, 0.29) is 0 Å². The smallest absolute Gasteiger partial charge is 0.0625 e. The van der Waals surface area contributed by atoms with Gasteiger partial charge in [0.15, 0.2) is 0 Å². The highest BCUT2D eigenvalue weighted by molar-refractivity contribution is 5.14. The van der Waals surface area contributed by atoms with Crippen molar-refractivity contribution in [1.29, 1.82) is 0 Å². The van der Waals surface area contributed by atoms with Crippen LogP contribution in [0.5, 0.6) is 0 Å². The Morgan fingerprint density at radius 1 is 1.31 bits per heavy atom. The highest BCUT2D eigenvalue weighted by atomic mass is 16.5. The average molecular weight is 219 g/mol.